The molecule has 0 spiro atoms. The van der Waals surface area contributed by atoms with Crippen LogP contribution >= 0.6 is 11.3 Å². The Balaban J connectivity index is 1.26. The van der Waals surface area contributed by atoms with Gasteiger partial charge < -0.3 is 14.6 Å². The van der Waals surface area contributed by atoms with Crippen molar-refractivity contribution in [3.05, 3.63) is 161 Å². The summed E-state index contributed by atoms with van der Waals surface area (Å²) in [6.45, 7) is 28.8. The Morgan fingerprint density at radius 2 is 1.16 bits per heavy atom. The van der Waals surface area contributed by atoms with Crippen molar-refractivity contribution in [3.63, 3.8) is 0 Å². The Labute approximate surface area is 409 Å². The summed E-state index contributed by atoms with van der Waals surface area (Å²) in [6.07, 6.45) is 4.83. The molecule has 0 N–H and O–H groups in total. The van der Waals surface area contributed by atoms with Crippen LogP contribution in [0.4, 0.5) is 39.8 Å². The summed E-state index contributed by atoms with van der Waals surface area (Å²) < 4.78 is 2.68. The third-order valence-corrected chi connectivity index (χ3v) is 18.1. The largest absolute Gasteiger partial charge is 0.376 e. The minimum Gasteiger partial charge on any atom is -0.376 e. The first-order valence-electron chi connectivity index (χ1n) is 25.3. The monoisotopic (exact) mass is 908 g/mol. The predicted molar refractivity (Wildman–Crippen MR) is 297 cm³/mol. The molecule has 4 heterocycles. The van der Waals surface area contributed by atoms with E-state index in [0.29, 0.717) is 0 Å². The van der Waals surface area contributed by atoms with Gasteiger partial charge in [-0.1, -0.05) is 149 Å². The summed E-state index contributed by atoms with van der Waals surface area (Å²) in [4.78, 5) is 8.20. The molecule has 12 rings (SSSR count). The lowest BCUT2D eigenvalue weighted by atomic mass is 9.43. The average Bonchev–Trinajstić information content (AvgIpc) is 3.76. The molecule has 68 heavy (non-hydrogen) atoms. The van der Waals surface area contributed by atoms with Crippen molar-refractivity contribution in [3.8, 4) is 11.1 Å². The summed E-state index contributed by atoms with van der Waals surface area (Å²) in [7, 11) is 0. The van der Waals surface area contributed by atoms with Crippen LogP contribution in [0, 0.1) is 6.92 Å². The van der Waals surface area contributed by atoms with Gasteiger partial charge in [-0.3, -0.25) is 0 Å². The van der Waals surface area contributed by atoms with Gasteiger partial charge >= 0.3 is 6.85 Å². The number of anilines is 7. The Morgan fingerprint density at radius 1 is 0.544 bits per heavy atom. The minimum absolute atomic E-state index is 0.0280. The lowest BCUT2D eigenvalue weighted by Gasteiger charge is -2.53. The zero-order valence-electron chi connectivity index (χ0n) is 42.4. The molecular weight excluding hydrogens is 842 g/mol. The molecule has 5 heteroatoms. The molecule has 1 aromatic heterocycles. The van der Waals surface area contributed by atoms with E-state index in [9.17, 15) is 0 Å². The summed E-state index contributed by atoms with van der Waals surface area (Å²) in [5, 5.41) is 2.70. The fourth-order valence-electron chi connectivity index (χ4n) is 12.8. The van der Waals surface area contributed by atoms with E-state index in [1.54, 1.807) is 5.56 Å². The molecule has 0 bridgehead atoms. The Bertz CT molecular complexity index is 3330. The van der Waals surface area contributed by atoms with E-state index in [-0.39, 0.29) is 34.0 Å². The molecule has 0 saturated heterocycles. The topological polar surface area (TPSA) is 9.72 Å². The van der Waals surface area contributed by atoms with Crippen LogP contribution in [0.3, 0.4) is 0 Å². The number of hydrogen-bond acceptors (Lipinski definition) is 4. The molecule has 2 atom stereocenters. The van der Waals surface area contributed by atoms with Gasteiger partial charge in [0.05, 0.1) is 5.54 Å². The summed E-state index contributed by atoms with van der Waals surface area (Å²) in [6, 6.07) is 52.2. The number of benzene rings is 7. The van der Waals surface area contributed by atoms with Crippen LogP contribution in [0.25, 0.3) is 31.3 Å². The highest BCUT2D eigenvalue weighted by Gasteiger charge is 2.62. The van der Waals surface area contributed by atoms with Crippen molar-refractivity contribution in [1.29, 1.82) is 0 Å². The molecule has 0 radical (unpaired) electrons. The molecule has 7 aromatic carbocycles. The fraction of sp³-hybridized carbons (Fsp3) is 0.333. The number of para-hydroxylation sites is 2. The summed E-state index contributed by atoms with van der Waals surface area (Å²) >= 11 is 1.94. The quantitative estimate of drug-likeness (QED) is 0.163. The Morgan fingerprint density at radius 3 is 1.81 bits per heavy atom. The van der Waals surface area contributed by atoms with Crippen LogP contribution < -0.4 is 25.5 Å². The molecular formula is C63H66BN3S. The van der Waals surface area contributed by atoms with Crippen molar-refractivity contribution in [2.24, 2.45) is 0 Å². The van der Waals surface area contributed by atoms with Gasteiger partial charge in [-0.2, -0.15) is 0 Å². The first kappa shape index (κ1) is 43.5. The number of aryl methyl sites for hydroxylation is 1. The smallest absolute Gasteiger partial charge is 0.333 e. The van der Waals surface area contributed by atoms with Crippen LogP contribution in [0.1, 0.15) is 130 Å². The SMILES string of the molecule is Cc1cc(C(C)(C)C)ccc1N1B2c3cc(C(C)(C)C)cc4c3N(c3cc(N(c5ccccc5)c5ccccc5)cc(c32)-c2cc3sc5ccc(C(C)(C)C)cc5c3cc21)C1(C)CCCCC41C. The first-order chi connectivity index (χ1) is 32.3. The van der Waals surface area contributed by atoms with Crippen LogP contribution in [0.2, 0.25) is 0 Å². The molecule has 342 valence electrons. The molecule has 1 saturated carbocycles. The van der Waals surface area contributed by atoms with Gasteiger partial charge in [0.1, 0.15) is 0 Å². The zero-order valence-corrected chi connectivity index (χ0v) is 43.2. The zero-order chi connectivity index (χ0) is 47.4. The maximum Gasteiger partial charge on any atom is 0.333 e. The Kier molecular flexibility index (Phi) is 9.36. The van der Waals surface area contributed by atoms with E-state index in [4.69, 9.17) is 0 Å². The van der Waals surface area contributed by atoms with Crippen molar-refractivity contribution < 1.29 is 0 Å². The molecule has 3 nitrogen and oxygen atoms in total. The van der Waals surface area contributed by atoms with Gasteiger partial charge in [0.25, 0.3) is 0 Å². The molecule has 4 aliphatic rings. The van der Waals surface area contributed by atoms with Crippen molar-refractivity contribution in [2.75, 3.05) is 14.6 Å². The maximum atomic E-state index is 2.90. The van der Waals surface area contributed by atoms with Crippen molar-refractivity contribution in [1.82, 2.24) is 0 Å². The van der Waals surface area contributed by atoms with E-state index in [1.165, 1.54) is 112 Å². The molecule has 3 aliphatic heterocycles. The lowest BCUT2D eigenvalue weighted by Crippen LogP contribution is -2.64. The van der Waals surface area contributed by atoms with Crippen molar-refractivity contribution in [2.45, 2.75) is 136 Å². The van der Waals surface area contributed by atoms with E-state index in [2.05, 4.69) is 231 Å². The highest BCUT2D eigenvalue weighted by atomic mass is 32.1. The summed E-state index contributed by atoms with van der Waals surface area (Å²) in [5.74, 6) is 0. The number of rotatable bonds is 4. The molecule has 8 aromatic rings. The van der Waals surface area contributed by atoms with Crippen molar-refractivity contribution >= 4 is 89.1 Å². The number of fused-ring (bicyclic) bond motifs is 10. The standard InChI is InChI=1S/C63H66BN3S/c1-39-31-40(59(2,3)4)25-27-52(39)67-53-37-48-47-32-41(60(5,6)7)26-28-55(47)68-56(48)38-46(53)49-35-45(65(43-21-15-13-16-22-43)44-23-17-14-18-24-44)36-54-57(49)64(67)51-34-42(61(8,9)10)33-50-58(51)66(54)63(12)30-20-19-29-62(50,63)11/h13-18,21-28,31-38H,19-20,29-30H2,1-12H3. The van der Waals surface area contributed by atoms with E-state index < -0.39 is 0 Å². The van der Waals surface area contributed by atoms with Crippen LogP contribution in [0.15, 0.2) is 133 Å². The fourth-order valence-corrected chi connectivity index (χ4v) is 14.0. The molecule has 2 unspecified atom stereocenters. The third kappa shape index (κ3) is 6.22. The van der Waals surface area contributed by atoms with Crippen LogP contribution in [-0.2, 0) is 21.7 Å². The van der Waals surface area contributed by atoms with Gasteiger partial charge in [-0.15, -0.1) is 11.3 Å². The second-order valence-corrected chi connectivity index (χ2v) is 25.3. The number of thiophene rings is 1. The lowest BCUT2D eigenvalue weighted by molar-refractivity contribution is 0.195. The van der Waals surface area contributed by atoms with Gasteiger partial charge in [-0.25, -0.2) is 0 Å². The highest BCUT2D eigenvalue weighted by molar-refractivity contribution is 7.25. The first-order valence-corrected chi connectivity index (χ1v) is 26.1. The second-order valence-electron chi connectivity index (χ2n) is 24.2. The van der Waals surface area contributed by atoms with Gasteiger partial charge in [-0.05, 0) is 154 Å². The van der Waals surface area contributed by atoms with E-state index >= 15 is 0 Å². The van der Waals surface area contributed by atoms with Gasteiger partial charge in [0.15, 0.2) is 0 Å². The van der Waals surface area contributed by atoms with Crippen LogP contribution in [0.5, 0.6) is 0 Å². The highest BCUT2D eigenvalue weighted by Crippen LogP contribution is 2.63. The van der Waals surface area contributed by atoms with E-state index in [0.717, 1.165) is 17.8 Å². The van der Waals surface area contributed by atoms with Gasteiger partial charge in [0, 0.05) is 71.0 Å². The predicted octanol–water partition coefficient (Wildman–Crippen LogP) is 16.7. The average molecular weight is 908 g/mol. The molecule has 1 fully saturated rings. The normalized spacial score (nSPS) is 19.6. The maximum absolute atomic E-state index is 2.90. The Hall–Kier alpha value is -5.78. The minimum atomic E-state index is -0.115. The molecule has 0 amide bonds. The van der Waals surface area contributed by atoms with Crippen LogP contribution in [-0.4, -0.2) is 12.4 Å². The second kappa shape index (κ2) is 14.6. The molecule has 1 aliphatic carbocycles. The number of nitrogens with zero attached hydrogens (tertiary/aromatic N) is 3. The van der Waals surface area contributed by atoms with Gasteiger partial charge in [0.2, 0.25) is 0 Å². The summed E-state index contributed by atoms with van der Waals surface area (Å²) in [5.41, 5.74) is 21.3. The third-order valence-electron chi connectivity index (χ3n) is 16.9. The number of hydrogen-bond donors (Lipinski definition) is 0. The van der Waals surface area contributed by atoms with E-state index in [1.807, 2.05) is 11.3 Å².